The van der Waals surface area contributed by atoms with Crippen LogP contribution in [0.15, 0.2) is 24.3 Å². The second kappa shape index (κ2) is 6.03. The lowest BCUT2D eigenvalue weighted by Crippen LogP contribution is -2.27. The van der Waals surface area contributed by atoms with Gasteiger partial charge in [-0.05, 0) is 37.0 Å². The summed E-state index contributed by atoms with van der Waals surface area (Å²) in [6, 6.07) is 9.37. The zero-order chi connectivity index (χ0) is 12.1. The molecule has 0 atom stereocenters. The largest absolute Gasteiger partial charge is 0.385 e. The van der Waals surface area contributed by atoms with Gasteiger partial charge in [-0.1, -0.05) is 12.1 Å². The SMILES string of the molecule is COCCCN(c1ccc(CN)cc1)C1CC1. The predicted molar refractivity (Wildman–Crippen MR) is 71.2 cm³/mol. The van der Waals surface area contributed by atoms with Crippen molar-refractivity contribution in [1.29, 1.82) is 0 Å². The zero-order valence-electron chi connectivity index (χ0n) is 10.6. The van der Waals surface area contributed by atoms with Crippen LogP contribution in [0.2, 0.25) is 0 Å². The molecule has 1 aliphatic carbocycles. The summed E-state index contributed by atoms with van der Waals surface area (Å²) < 4.78 is 5.12. The van der Waals surface area contributed by atoms with Crippen molar-refractivity contribution in [2.75, 3.05) is 25.2 Å². The van der Waals surface area contributed by atoms with Gasteiger partial charge in [-0.3, -0.25) is 0 Å². The number of hydrogen-bond acceptors (Lipinski definition) is 3. The molecule has 0 amide bonds. The van der Waals surface area contributed by atoms with Gasteiger partial charge in [-0.25, -0.2) is 0 Å². The maximum absolute atomic E-state index is 5.62. The Hall–Kier alpha value is -1.06. The Labute approximate surface area is 104 Å². The van der Waals surface area contributed by atoms with E-state index in [1.165, 1.54) is 24.1 Å². The van der Waals surface area contributed by atoms with Crippen molar-refractivity contribution in [3.63, 3.8) is 0 Å². The molecule has 0 bridgehead atoms. The van der Waals surface area contributed by atoms with Crippen LogP contribution in [0, 0.1) is 0 Å². The fourth-order valence-electron chi connectivity index (χ4n) is 2.11. The summed E-state index contributed by atoms with van der Waals surface area (Å²) >= 11 is 0. The average Bonchev–Trinajstić information content (AvgIpc) is 3.19. The molecular formula is C14H22N2O. The van der Waals surface area contributed by atoms with Gasteiger partial charge in [0.15, 0.2) is 0 Å². The van der Waals surface area contributed by atoms with Gasteiger partial charge in [0, 0.05) is 38.5 Å². The third kappa shape index (κ3) is 3.45. The Morgan fingerprint density at radius 2 is 2.00 bits per heavy atom. The molecule has 94 valence electrons. The van der Waals surface area contributed by atoms with Crippen molar-refractivity contribution in [3.05, 3.63) is 29.8 Å². The zero-order valence-corrected chi connectivity index (χ0v) is 10.6. The second-order valence-corrected chi connectivity index (χ2v) is 4.64. The number of anilines is 1. The van der Waals surface area contributed by atoms with Crippen LogP contribution in [0.5, 0.6) is 0 Å². The lowest BCUT2D eigenvalue weighted by molar-refractivity contribution is 0.196. The lowest BCUT2D eigenvalue weighted by atomic mass is 10.2. The summed E-state index contributed by atoms with van der Waals surface area (Å²) in [7, 11) is 1.76. The molecule has 0 radical (unpaired) electrons. The van der Waals surface area contributed by atoms with Crippen LogP contribution in [-0.2, 0) is 11.3 Å². The van der Waals surface area contributed by atoms with Crippen molar-refractivity contribution in [2.45, 2.75) is 31.8 Å². The van der Waals surface area contributed by atoms with Crippen LogP contribution < -0.4 is 10.6 Å². The highest BCUT2D eigenvalue weighted by molar-refractivity contribution is 5.49. The highest BCUT2D eigenvalue weighted by atomic mass is 16.5. The Morgan fingerprint density at radius 3 is 2.53 bits per heavy atom. The number of rotatable bonds is 7. The smallest absolute Gasteiger partial charge is 0.0479 e. The van der Waals surface area contributed by atoms with Gasteiger partial charge in [0.25, 0.3) is 0 Å². The maximum atomic E-state index is 5.62. The molecule has 0 aromatic heterocycles. The van der Waals surface area contributed by atoms with Gasteiger partial charge < -0.3 is 15.4 Å². The van der Waals surface area contributed by atoms with E-state index in [9.17, 15) is 0 Å². The fraction of sp³-hybridized carbons (Fsp3) is 0.571. The molecule has 0 aliphatic heterocycles. The molecule has 2 rings (SSSR count). The van der Waals surface area contributed by atoms with E-state index in [1.54, 1.807) is 7.11 Å². The second-order valence-electron chi connectivity index (χ2n) is 4.64. The number of nitrogens with two attached hydrogens (primary N) is 1. The molecule has 3 nitrogen and oxygen atoms in total. The molecule has 0 saturated heterocycles. The molecule has 1 aromatic rings. The van der Waals surface area contributed by atoms with Gasteiger partial charge in [-0.2, -0.15) is 0 Å². The summed E-state index contributed by atoms with van der Waals surface area (Å²) in [4.78, 5) is 2.50. The molecule has 1 fully saturated rings. The standard InChI is InChI=1S/C14H22N2O/c1-17-10-2-9-16(14-7-8-14)13-5-3-12(11-15)4-6-13/h3-6,14H,2,7-11,15H2,1H3. The van der Waals surface area contributed by atoms with Crippen molar-refractivity contribution >= 4 is 5.69 Å². The topological polar surface area (TPSA) is 38.5 Å². The summed E-state index contributed by atoms with van der Waals surface area (Å²) in [5.41, 5.74) is 8.13. The van der Waals surface area contributed by atoms with Crippen LogP contribution in [0.25, 0.3) is 0 Å². The molecule has 1 aromatic carbocycles. The number of nitrogens with zero attached hydrogens (tertiary/aromatic N) is 1. The molecule has 0 unspecified atom stereocenters. The average molecular weight is 234 g/mol. The Morgan fingerprint density at radius 1 is 1.29 bits per heavy atom. The monoisotopic (exact) mass is 234 g/mol. The molecular weight excluding hydrogens is 212 g/mol. The van der Waals surface area contributed by atoms with Crippen LogP contribution in [0.1, 0.15) is 24.8 Å². The Bertz CT molecular complexity index is 333. The van der Waals surface area contributed by atoms with Crippen molar-refractivity contribution in [3.8, 4) is 0 Å². The van der Waals surface area contributed by atoms with E-state index < -0.39 is 0 Å². The Kier molecular flexibility index (Phi) is 4.40. The van der Waals surface area contributed by atoms with E-state index in [-0.39, 0.29) is 0 Å². The molecule has 1 aliphatic rings. The van der Waals surface area contributed by atoms with Crippen molar-refractivity contribution < 1.29 is 4.74 Å². The first kappa shape index (κ1) is 12.4. The summed E-state index contributed by atoms with van der Waals surface area (Å²) in [6.07, 6.45) is 3.74. The van der Waals surface area contributed by atoms with Gasteiger partial charge in [0.1, 0.15) is 0 Å². The molecule has 17 heavy (non-hydrogen) atoms. The molecule has 1 saturated carbocycles. The van der Waals surface area contributed by atoms with E-state index in [0.717, 1.165) is 25.6 Å². The first-order chi connectivity index (χ1) is 8.35. The van der Waals surface area contributed by atoms with E-state index in [1.807, 2.05) is 0 Å². The van der Waals surface area contributed by atoms with Gasteiger partial charge >= 0.3 is 0 Å². The first-order valence-corrected chi connectivity index (χ1v) is 6.39. The van der Waals surface area contributed by atoms with Crippen molar-refractivity contribution in [2.24, 2.45) is 5.73 Å². The van der Waals surface area contributed by atoms with E-state index >= 15 is 0 Å². The van der Waals surface area contributed by atoms with Crippen molar-refractivity contribution in [1.82, 2.24) is 0 Å². The molecule has 0 spiro atoms. The van der Waals surface area contributed by atoms with E-state index in [2.05, 4.69) is 29.2 Å². The fourth-order valence-corrected chi connectivity index (χ4v) is 2.11. The minimum atomic E-state index is 0.618. The van der Waals surface area contributed by atoms with Gasteiger partial charge in [-0.15, -0.1) is 0 Å². The predicted octanol–water partition coefficient (Wildman–Crippen LogP) is 2.15. The van der Waals surface area contributed by atoms with Crippen LogP contribution in [-0.4, -0.2) is 26.3 Å². The molecule has 3 heteroatoms. The first-order valence-electron chi connectivity index (χ1n) is 6.39. The van der Waals surface area contributed by atoms with Gasteiger partial charge in [0.2, 0.25) is 0 Å². The van der Waals surface area contributed by atoms with Gasteiger partial charge in [0.05, 0.1) is 0 Å². The Balaban J connectivity index is 1.98. The maximum Gasteiger partial charge on any atom is 0.0479 e. The number of hydrogen-bond donors (Lipinski definition) is 1. The third-order valence-corrected chi connectivity index (χ3v) is 3.24. The van der Waals surface area contributed by atoms with Crippen LogP contribution in [0.4, 0.5) is 5.69 Å². The normalized spacial score (nSPS) is 14.9. The lowest BCUT2D eigenvalue weighted by Gasteiger charge is -2.24. The number of methoxy groups -OCH3 is 1. The highest BCUT2D eigenvalue weighted by Gasteiger charge is 2.28. The summed E-state index contributed by atoms with van der Waals surface area (Å²) in [5.74, 6) is 0. The number of benzene rings is 1. The minimum Gasteiger partial charge on any atom is -0.385 e. The third-order valence-electron chi connectivity index (χ3n) is 3.24. The van der Waals surface area contributed by atoms with Crippen LogP contribution in [0.3, 0.4) is 0 Å². The van der Waals surface area contributed by atoms with Crippen LogP contribution >= 0.6 is 0 Å². The number of ether oxygens (including phenoxy) is 1. The summed E-state index contributed by atoms with van der Waals surface area (Å²) in [6.45, 7) is 2.54. The highest BCUT2D eigenvalue weighted by Crippen LogP contribution is 2.31. The van der Waals surface area contributed by atoms with E-state index in [4.69, 9.17) is 10.5 Å². The quantitative estimate of drug-likeness (QED) is 0.735. The summed E-state index contributed by atoms with van der Waals surface area (Å²) in [5, 5.41) is 0. The van der Waals surface area contributed by atoms with E-state index in [0.29, 0.717) is 6.54 Å². The molecule has 2 N–H and O–H groups in total. The molecule has 0 heterocycles. The minimum absolute atomic E-state index is 0.618.